The van der Waals surface area contributed by atoms with Crippen molar-refractivity contribution in [2.24, 2.45) is 7.05 Å². The monoisotopic (exact) mass is 238 g/mol. The van der Waals surface area contributed by atoms with Crippen molar-refractivity contribution in [3.63, 3.8) is 0 Å². The lowest BCUT2D eigenvalue weighted by atomic mass is 10.4. The Balaban J connectivity index is 2.79. The third-order valence-electron chi connectivity index (χ3n) is 2.54. The van der Waals surface area contributed by atoms with Gasteiger partial charge in [-0.2, -0.15) is 5.10 Å². The molecule has 0 aliphatic rings. The second kappa shape index (κ2) is 2.82. The van der Waals surface area contributed by atoms with Crippen LogP contribution in [0.1, 0.15) is 5.82 Å². The van der Waals surface area contributed by atoms with E-state index in [-0.39, 0.29) is 10.7 Å². The molecule has 0 spiro atoms. The molecule has 7 nitrogen and oxygen atoms in total. The summed E-state index contributed by atoms with van der Waals surface area (Å²) in [4.78, 5) is 12.0. The van der Waals surface area contributed by atoms with Crippen LogP contribution in [0.5, 0.6) is 0 Å². The van der Waals surface area contributed by atoms with E-state index in [1.807, 2.05) is 0 Å². The Hall–Kier alpha value is -1.89. The molecular weight excluding hydrogens is 232 g/mol. The molecule has 3 aromatic rings. The van der Waals surface area contributed by atoms with E-state index in [4.69, 9.17) is 11.6 Å². The first kappa shape index (κ1) is 9.34. The van der Waals surface area contributed by atoms with E-state index >= 15 is 0 Å². The zero-order valence-electron chi connectivity index (χ0n) is 8.52. The molecule has 0 saturated carbocycles. The number of halogens is 1. The lowest BCUT2D eigenvalue weighted by Crippen LogP contribution is -2.19. The van der Waals surface area contributed by atoms with Crippen molar-refractivity contribution in [3.05, 3.63) is 21.3 Å². The highest BCUT2D eigenvalue weighted by Gasteiger charge is 2.17. The molecule has 0 aliphatic carbocycles. The van der Waals surface area contributed by atoms with Crippen LogP contribution >= 0.6 is 11.6 Å². The second-order valence-electron chi connectivity index (χ2n) is 3.48. The van der Waals surface area contributed by atoms with Crippen LogP contribution in [-0.4, -0.2) is 29.4 Å². The van der Waals surface area contributed by atoms with E-state index in [0.29, 0.717) is 22.6 Å². The minimum absolute atomic E-state index is 0.227. The summed E-state index contributed by atoms with van der Waals surface area (Å²) in [5, 5.41) is 15.0. The molecular formula is C8H7ClN6O. The largest absolute Gasteiger partial charge is 0.279 e. The summed E-state index contributed by atoms with van der Waals surface area (Å²) < 4.78 is 3.07. The second-order valence-corrected chi connectivity index (χ2v) is 3.86. The molecule has 0 saturated heterocycles. The van der Waals surface area contributed by atoms with Gasteiger partial charge in [-0.3, -0.25) is 14.5 Å². The lowest BCUT2D eigenvalue weighted by Gasteiger charge is -2.01. The van der Waals surface area contributed by atoms with Crippen LogP contribution in [-0.2, 0) is 7.05 Å². The number of aryl methyl sites for hydroxylation is 2. The number of hydrogen-bond acceptors (Lipinski definition) is 4. The Labute approximate surface area is 93.7 Å². The average Bonchev–Trinajstić information content (AvgIpc) is 2.79. The molecule has 0 fully saturated rings. The van der Waals surface area contributed by atoms with Crippen LogP contribution in [0.3, 0.4) is 0 Å². The van der Waals surface area contributed by atoms with Crippen LogP contribution in [0, 0.1) is 6.92 Å². The van der Waals surface area contributed by atoms with E-state index in [1.54, 1.807) is 18.4 Å². The maximum absolute atomic E-state index is 12.0. The minimum Gasteiger partial charge on any atom is -0.279 e. The molecule has 3 heterocycles. The number of nitrogens with zero attached hydrogens (tertiary/aromatic N) is 5. The molecule has 0 aliphatic heterocycles. The summed E-state index contributed by atoms with van der Waals surface area (Å²) in [6.45, 7) is 1.78. The maximum atomic E-state index is 12.0. The Morgan fingerprint density at radius 1 is 1.38 bits per heavy atom. The van der Waals surface area contributed by atoms with E-state index in [1.165, 1.54) is 4.57 Å². The number of fused-ring (bicyclic) bond motifs is 3. The highest BCUT2D eigenvalue weighted by atomic mass is 35.5. The SMILES string of the molecule is Cc1nnc2n(C)c(=O)c3c(Cl)[nH]nc3n12. The predicted octanol–water partition coefficient (Wildman–Crippen LogP) is 0.266. The van der Waals surface area contributed by atoms with Gasteiger partial charge in [0.2, 0.25) is 5.78 Å². The third kappa shape index (κ3) is 0.929. The van der Waals surface area contributed by atoms with Gasteiger partial charge < -0.3 is 0 Å². The summed E-state index contributed by atoms with van der Waals surface area (Å²) in [5.74, 6) is 1.09. The highest BCUT2D eigenvalue weighted by molar-refractivity contribution is 6.34. The molecule has 0 aromatic carbocycles. The van der Waals surface area contributed by atoms with Gasteiger partial charge >= 0.3 is 0 Å². The van der Waals surface area contributed by atoms with E-state index in [2.05, 4.69) is 20.4 Å². The first-order valence-electron chi connectivity index (χ1n) is 4.55. The van der Waals surface area contributed by atoms with Gasteiger partial charge in [0.1, 0.15) is 16.4 Å². The standard InChI is InChI=1S/C8H7ClN6O/c1-3-10-13-8-14(2)7(16)4-5(9)11-12-6(4)15(3)8/h1-2H3,(H,11,12). The number of nitrogens with one attached hydrogen (secondary N) is 1. The van der Waals surface area contributed by atoms with Crippen molar-refractivity contribution in [2.45, 2.75) is 6.92 Å². The topological polar surface area (TPSA) is 80.9 Å². The number of aromatic nitrogens is 6. The van der Waals surface area contributed by atoms with Crippen molar-refractivity contribution in [1.29, 1.82) is 0 Å². The van der Waals surface area contributed by atoms with E-state index in [0.717, 1.165) is 0 Å². The number of rotatable bonds is 0. The molecule has 1 N–H and O–H groups in total. The van der Waals surface area contributed by atoms with Crippen LogP contribution in [0.15, 0.2) is 4.79 Å². The first-order chi connectivity index (χ1) is 7.61. The zero-order valence-corrected chi connectivity index (χ0v) is 9.28. The van der Waals surface area contributed by atoms with E-state index < -0.39 is 0 Å². The van der Waals surface area contributed by atoms with Crippen molar-refractivity contribution in [2.75, 3.05) is 0 Å². The summed E-state index contributed by atoms with van der Waals surface area (Å²) in [7, 11) is 1.62. The van der Waals surface area contributed by atoms with Gasteiger partial charge in [0.15, 0.2) is 5.65 Å². The molecule has 0 bridgehead atoms. The predicted molar refractivity (Wildman–Crippen MR) is 57.6 cm³/mol. The molecule has 0 radical (unpaired) electrons. The Morgan fingerprint density at radius 3 is 2.88 bits per heavy atom. The number of hydrogen-bond donors (Lipinski definition) is 1. The highest BCUT2D eigenvalue weighted by Crippen LogP contribution is 2.17. The smallest absolute Gasteiger partial charge is 0.267 e. The summed E-state index contributed by atoms with van der Waals surface area (Å²) in [5.41, 5.74) is 0.208. The van der Waals surface area contributed by atoms with Gasteiger partial charge in [0.25, 0.3) is 5.56 Å². The first-order valence-corrected chi connectivity index (χ1v) is 4.93. The molecule has 0 unspecified atom stereocenters. The van der Waals surface area contributed by atoms with Gasteiger partial charge in [-0.1, -0.05) is 11.6 Å². The fourth-order valence-corrected chi connectivity index (χ4v) is 1.95. The summed E-state index contributed by atoms with van der Waals surface area (Å²) >= 11 is 5.88. The van der Waals surface area contributed by atoms with Crippen LogP contribution < -0.4 is 5.56 Å². The van der Waals surface area contributed by atoms with E-state index in [9.17, 15) is 4.79 Å². The molecule has 3 aromatic heterocycles. The third-order valence-corrected chi connectivity index (χ3v) is 2.81. The quantitative estimate of drug-likeness (QED) is 0.609. The summed E-state index contributed by atoms with van der Waals surface area (Å²) in [6.07, 6.45) is 0. The molecule has 8 heteroatoms. The van der Waals surface area contributed by atoms with Gasteiger partial charge in [-0.05, 0) is 6.92 Å². The van der Waals surface area contributed by atoms with Crippen LogP contribution in [0.2, 0.25) is 5.15 Å². The fraction of sp³-hybridized carbons (Fsp3) is 0.250. The minimum atomic E-state index is -0.242. The van der Waals surface area contributed by atoms with Crippen LogP contribution in [0.25, 0.3) is 16.8 Å². The van der Waals surface area contributed by atoms with Gasteiger partial charge in [0, 0.05) is 7.05 Å². The van der Waals surface area contributed by atoms with Gasteiger partial charge in [-0.15, -0.1) is 10.2 Å². The van der Waals surface area contributed by atoms with Crippen molar-refractivity contribution < 1.29 is 0 Å². The van der Waals surface area contributed by atoms with Crippen LogP contribution in [0.4, 0.5) is 0 Å². The lowest BCUT2D eigenvalue weighted by molar-refractivity contribution is 0.856. The fourth-order valence-electron chi connectivity index (χ4n) is 1.74. The molecule has 0 amide bonds. The Kier molecular flexibility index (Phi) is 1.65. The van der Waals surface area contributed by atoms with Gasteiger partial charge in [-0.25, -0.2) is 4.40 Å². The van der Waals surface area contributed by atoms with Crippen molar-refractivity contribution >= 4 is 28.4 Å². The molecule has 3 rings (SSSR count). The zero-order chi connectivity index (χ0) is 11.4. The number of H-pyrrole nitrogens is 1. The Bertz CT molecular complexity index is 766. The maximum Gasteiger partial charge on any atom is 0.267 e. The average molecular weight is 239 g/mol. The van der Waals surface area contributed by atoms with Crippen molar-refractivity contribution in [1.82, 2.24) is 29.4 Å². The summed E-state index contributed by atoms with van der Waals surface area (Å²) in [6, 6.07) is 0. The molecule has 0 atom stereocenters. The Morgan fingerprint density at radius 2 is 2.12 bits per heavy atom. The normalized spacial score (nSPS) is 11.7. The molecule has 82 valence electrons. The van der Waals surface area contributed by atoms with Gasteiger partial charge in [0.05, 0.1) is 0 Å². The van der Waals surface area contributed by atoms with Crippen molar-refractivity contribution in [3.8, 4) is 0 Å². The molecule has 16 heavy (non-hydrogen) atoms. The number of aromatic amines is 1.